The first-order valence-corrected chi connectivity index (χ1v) is 8.23. The molecule has 0 saturated carbocycles. The number of hydrogen-bond donors (Lipinski definition) is 1. The first-order chi connectivity index (χ1) is 10.4. The summed E-state index contributed by atoms with van der Waals surface area (Å²) in [5, 5.41) is 4.25. The maximum absolute atomic E-state index is 12.6. The number of allylic oxidation sites excluding steroid dienone is 1. The molecule has 0 bridgehead atoms. The zero-order valence-corrected chi connectivity index (χ0v) is 13.9. The second kappa shape index (κ2) is 6.05. The molecule has 0 amide bonds. The normalized spacial score (nSPS) is 23.0. The van der Waals surface area contributed by atoms with Gasteiger partial charge in [0, 0.05) is 47.0 Å². The molecule has 118 valence electrons. The van der Waals surface area contributed by atoms with Gasteiger partial charge in [-0.05, 0) is 50.8 Å². The molecule has 0 atom stereocenters. The van der Waals surface area contributed by atoms with Gasteiger partial charge in [-0.15, -0.1) is 0 Å². The van der Waals surface area contributed by atoms with E-state index in [9.17, 15) is 4.79 Å². The molecule has 4 heteroatoms. The monoisotopic (exact) mass is 319 g/mol. The first-order valence-electron chi connectivity index (χ1n) is 7.85. The minimum atomic E-state index is -0.0839. The van der Waals surface area contributed by atoms with Crippen molar-refractivity contribution in [2.75, 3.05) is 13.2 Å². The van der Waals surface area contributed by atoms with E-state index in [-0.39, 0.29) is 17.2 Å². The SMILES string of the molecule is CC1(C)Cc2cc(Cl)ccc2/C(=C/C(=O)C2CCOCC2)N1. The average Bonchev–Trinajstić information content (AvgIpc) is 2.46. The summed E-state index contributed by atoms with van der Waals surface area (Å²) in [6, 6.07) is 5.89. The van der Waals surface area contributed by atoms with Crippen LogP contribution in [0.5, 0.6) is 0 Å². The van der Waals surface area contributed by atoms with Gasteiger partial charge in [-0.2, -0.15) is 0 Å². The zero-order chi connectivity index (χ0) is 15.7. The third kappa shape index (κ3) is 3.36. The molecule has 2 heterocycles. The van der Waals surface area contributed by atoms with E-state index < -0.39 is 0 Å². The quantitative estimate of drug-likeness (QED) is 0.846. The molecule has 22 heavy (non-hydrogen) atoms. The van der Waals surface area contributed by atoms with Crippen LogP contribution in [0.1, 0.15) is 37.8 Å². The smallest absolute Gasteiger partial charge is 0.161 e. The highest BCUT2D eigenvalue weighted by molar-refractivity contribution is 6.30. The third-order valence-corrected chi connectivity index (χ3v) is 4.61. The Morgan fingerprint density at radius 1 is 1.36 bits per heavy atom. The summed E-state index contributed by atoms with van der Waals surface area (Å²) in [6.45, 7) is 5.66. The van der Waals surface area contributed by atoms with Crippen LogP contribution in [0.4, 0.5) is 0 Å². The Morgan fingerprint density at radius 3 is 2.82 bits per heavy atom. The largest absolute Gasteiger partial charge is 0.381 e. The molecule has 2 aliphatic heterocycles. The van der Waals surface area contributed by atoms with E-state index in [2.05, 4.69) is 19.2 Å². The number of rotatable bonds is 2. The summed E-state index contributed by atoms with van der Waals surface area (Å²) in [7, 11) is 0. The molecular weight excluding hydrogens is 298 g/mol. The van der Waals surface area contributed by atoms with E-state index in [0.717, 1.165) is 35.5 Å². The van der Waals surface area contributed by atoms with Crippen LogP contribution in [0.25, 0.3) is 5.70 Å². The van der Waals surface area contributed by atoms with Gasteiger partial charge >= 0.3 is 0 Å². The lowest BCUT2D eigenvalue weighted by molar-refractivity contribution is -0.120. The molecule has 0 aliphatic carbocycles. The van der Waals surface area contributed by atoms with Crippen LogP contribution in [-0.2, 0) is 16.0 Å². The van der Waals surface area contributed by atoms with Crippen molar-refractivity contribution in [3.63, 3.8) is 0 Å². The van der Waals surface area contributed by atoms with Gasteiger partial charge in [0.1, 0.15) is 0 Å². The zero-order valence-electron chi connectivity index (χ0n) is 13.1. The van der Waals surface area contributed by atoms with Gasteiger partial charge in [0.25, 0.3) is 0 Å². The molecule has 1 aromatic rings. The van der Waals surface area contributed by atoms with Crippen molar-refractivity contribution < 1.29 is 9.53 Å². The Balaban J connectivity index is 1.92. The average molecular weight is 320 g/mol. The van der Waals surface area contributed by atoms with Crippen LogP contribution in [-0.4, -0.2) is 24.5 Å². The van der Waals surface area contributed by atoms with Gasteiger partial charge in [0.2, 0.25) is 0 Å². The summed E-state index contributed by atoms with van der Waals surface area (Å²) < 4.78 is 5.34. The van der Waals surface area contributed by atoms with E-state index in [0.29, 0.717) is 13.2 Å². The van der Waals surface area contributed by atoms with Gasteiger partial charge in [0.15, 0.2) is 5.78 Å². The van der Waals surface area contributed by atoms with E-state index >= 15 is 0 Å². The highest BCUT2D eigenvalue weighted by Crippen LogP contribution is 2.32. The number of benzene rings is 1. The van der Waals surface area contributed by atoms with Crippen molar-refractivity contribution in [1.82, 2.24) is 5.32 Å². The van der Waals surface area contributed by atoms with Crippen LogP contribution in [0.15, 0.2) is 24.3 Å². The van der Waals surface area contributed by atoms with Crippen molar-refractivity contribution in [3.8, 4) is 0 Å². The minimum Gasteiger partial charge on any atom is -0.381 e. The highest BCUT2D eigenvalue weighted by Gasteiger charge is 2.29. The molecule has 1 N–H and O–H groups in total. The van der Waals surface area contributed by atoms with Crippen molar-refractivity contribution in [2.24, 2.45) is 5.92 Å². The molecule has 1 aromatic carbocycles. The molecule has 0 unspecified atom stereocenters. The highest BCUT2D eigenvalue weighted by atomic mass is 35.5. The molecule has 1 saturated heterocycles. The molecule has 0 aromatic heterocycles. The number of nitrogens with one attached hydrogen (secondary N) is 1. The number of fused-ring (bicyclic) bond motifs is 1. The number of ketones is 1. The Morgan fingerprint density at radius 2 is 2.09 bits per heavy atom. The molecule has 3 nitrogen and oxygen atoms in total. The number of ether oxygens (including phenoxy) is 1. The number of halogens is 1. The summed E-state index contributed by atoms with van der Waals surface area (Å²) in [6.07, 6.45) is 4.31. The van der Waals surface area contributed by atoms with Crippen LogP contribution in [0.3, 0.4) is 0 Å². The molecule has 1 fully saturated rings. The van der Waals surface area contributed by atoms with E-state index in [1.54, 1.807) is 6.08 Å². The second-order valence-electron chi connectivity index (χ2n) is 6.83. The van der Waals surface area contributed by atoms with Crippen molar-refractivity contribution in [3.05, 3.63) is 40.4 Å². The van der Waals surface area contributed by atoms with E-state index in [1.807, 2.05) is 18.2 Å². The van der Waals surface area contributed by atoms with Gasteiger partial charge < -0.3 is 10.1 Å². The van der Waals surface area contributed by atoms with Crippen LogP contribution >= 0.6 is 11.6 Å². The summed E-state index contributed by atoms with van der Waals surface area (Å²) >= 11 is 6.12. The fraction of sp³-hybridized carbons (Fsp3) is 0.500. The minimum absolute atomic E-state index is 0.0839. The van der Waals surface area contributed by atoms with Crippen molar-refractivity contribution in [1.29, 1.82) is 0 Å². The summed E-state index contributed by atoms with van der Waals surface area (Å²) in [5.74, 6) is 0.285. The van der Waals surface area contributed by atoms with Gasteiger partial charge in [-0.25, -0.2) is 0 Å². The Kier molecular flexibility index (Phi) is 4.28. The second-order valence-corrected chi connectivity index (χ2v) is 7.27. The van der Waals surface area contributed by atoms with Crippen LogP contribution < -0.4 is 5.32 Å². The molecule has 2 aliphatic rings. The lowest BCUT2D eigenvalue weighted by Crippen LogP contribution is -2.44. The van der Waals surface area contributed by atoms with Crippen molar-refractivity contribution >= 4 is 23.1 Å². The van der Waals surface area contributed by atoms with Crippen LogP contribution in [0, 0.1) is 5.92 Å². The molecular formula is C18H22ClNO2. The van der Waals surface area contributed by atoms with E-state index in [4.69, 9.17) is 16.3 Å². The van der Waals surface area contributed by atoms with Crippen LogP contribution in [0.2, 0.25) is 5.02 Å². The maximum atomic E-state index is 12.6. The van der Waals surface area contributed by atoms with Gasteiger partial charge in [-0.1, -0.05) is 17.7 Å². The Labute approximate surface area is 136 Å². The maximum Gasteiger partial charge on any atom is 0.161 e. The summed E-state index contributed by atoms with van der Waals surface area (Å²) in [5.41, 5.74) is 3.12. The lowest BCUT2D eigenvalue weighted by atomic mass is 9.85. The molecule has 3 rings (SSSR count). The molecule has 0 radical (unpaired) electrons. The Hall–Kier alpha value is -1.32. The topological polar surface area (TPSA) is 38.3 Å². The lowest BCUT2D eigenvalue weighted by Gasteiger charge is -2.36. The predicted molar refractivity (Wildman–Crippen MR) is 88.9 cm³/mol. The number of hydrogen-bond acceptors (Lipinski definition) is 3. The first kappa shape index (κ1) is 15.6. The van der Waals surface area contributed by atoms with Gasteiger partial charge in [0.05, 0.1) is 0 Å². The fourth-order valence-corrected chi connectivity index (χ4v) is 3.47. The summed E-state index contributed by atoms with van der Waals surface area (Å²) in [4.78, 5) is 12.6. The Bertz CT molecular complexity index is 616. The van der Waals surface area contributed by atoms with E-state index in [1.165, 1.54) is 5.56 Å². The predicted octanol–water partition coefficient (Wildman–Crippen LogP) is 3.60. The number of carbonyl (C=O) groups excluding carboxylic acids is 1. The van der Waals surface area contributed by atoms with Gasteiger partial charge in [-0.3, -0.25) is 4.79 Å². The molecule has 0 spiro atoms. The van der Waals surface area contributed by atoms with Crippen molar-refractivity contribution in [2.45, 2.75) is 38.6 Å². The third-order valence-electron chi connectivity index (χ3n) is 4.37. The standard InChI is InChI=1S/C18H22ClNO2/c1-18(2)11-13-9-14(19)3-4-15(13)16(20-18)10-17(21)12-5-7-22-8-6-12/h3-4,9-10,12,20H,5-8,11H2,1-2H3/b16-10-. The fourth-order valence-electron chi connectivity index (χ4n) is 3.28. The number of carbonyl (C=O) groups is 1.